The summed E-state index contributed by atoms with van der Waals surface area (Å²) in [6.45, 7) is 3.17. The summed E-state index contributed by atoms with van der Waals surface area (Å²) in [6, 6.07) is 16.0. The summed E-state index contributed by atoms with van der Waals surface area (Å²) in [6.07, 6.45) is 7.60. The molecule has 1 saturated carbocycles. The number of aryl methyl sites for hydroxylation is 1. The number of amides is 1. The van der Waals surface area contributed by atoms with E-state index < -0.39 is 10.0 Å². The first-order valence-corrected chi connectivity index (χ1v) is 13.9. The summed E-state index contributed by atoms with van der Waals surface area (Å²) in [5.41, 5.74) is 3.33. The maximum absolute atomic E-state index is 12.9. The van der Waals surface area contributed by atoms with E-state index in [-0.39, 0.29) is 11.8 Å². The van der Waals surface area contributed by atoms with Crippen molar-refractivity contribution in [1.82, 2.24) is 9.62 Å². The minimum atomic E-state index is -3.51. The number of nitrogens with zero attached hydrogens (tertiary/aromatic N) is 2. The first-order valence-electron chi connectivity index (χ1n) is 12.5. The number of anilines is 1. The molecule has 6 nitrogen and oxygen atoms in total. The van der Waals surface area contributed by atoms with E-state index in [1.165, 1.54) is 42.1 Å². The van der Waals surface area contributed by atoms with E-state index in [1.807, 2.05) is 19.1 Å². The fourth-order valence-electron chi connectivity index (χ4n) is 5.08. The number of hydrogen-bond donors (Lipinski definition) is 1. The van der Waals surface area contributed by atoms with Crippen LogP contribution in [0.15, 0.2) is 53.4 Å². The summed E-state index contributed by atoms with van der Waals surface area (Å²) >= 11 is 0. The van der Waals surface area contributed by atoms with Gasteiger partial charge in [0.2, 0.25) is 15.9 Å². The standard InChI is InChI=1S/C27H37N3O3S/c1-21-8-14-26(15-9-21)34(32,33)30-18-16-23(17-19-30)27(31)28-20-22-10-12-25(13-11-22)29(2)24-6-4-3-5-7-24/h8-15,23-24H,3-7,16-20H2,1-2H3,(H,28,31). The van der Waals surface area contributed by atoms with Gasteiger partial charge in [-0.3, -0.25) is 4.79 Å². The van der Waals surface area contributed by atoms with Crippen LogP contribution < -0.4 is 10.2 Å². The molecule has 2 aliphatic rings. The molecule has 0 atom stereocenters. The van der Waals surface area contributed by atoms with Gasteiger partial charge in [0.15, 0.2) is 0 Å². The number of nitrogens with one attached hydrogen (secondary N) is 1. The predicted molar refractivity (Wildman–Crippen MR) is 136 cm³/mol. The summed E-state index contributed by atoms with van der Waals surface area (Å²) < 4.78 is 27.3. The number of piperidine rings is 1. The Morgan fingerprint density at radius 2 is 1.56 bits per heavy atom. The number of benzene rings is 2. The molecular weight excluding hydrogens is 446 g/mol. The Kier molecular flexibility index (Phi) is 7.94. The quantitative estimate of drug-likeness (QED) is 0.630. The number of hydrogen-bond acceptors (Lipinski definition) is 4. The van der Waals surface area contributed by atoms with Gasteiger partial charge in [-0.2, -0.15) is 4.31 Å². The molecule has 0 spiro atoms. The second kappa shape index (κ2) is 10.9. The first-order chi connectivity index (χ1) is 16.3. The lowest BCUT2D eigenvalue weighted by atomic mass is 9.94. The Bertz CT molecular complexity index is 1050. The van der Waals surface area contributed by atoms with Crippen LogP contribution in [0.2, 0.25) is 0 Å². The molecule has 1 heterocycles. The predicted octanol–water partition coefficient (Wildman–Crippen LogP) is 4.48. The highest BCUT2D eigenvalue weighted by atomic mass is 32.2. The smallest absolute Gasteiger partial charge is 0.243 e. The lowest BCUT2D eigenvalue weighted by molar-refractivity contribution is -0.126. The Labute approximate surface area is 204 Å². The van der Waals surface area contributed by atoms with Crippen molar-refractivity contribution in [2.75, 3.05) is 25.0 Å². The normalized spacial score (nSPS) is 18.5. The minimum absolute atomic E-state index is 0.00999. The van der Waals surface area contributed by atoms with Gasteiger partial charge in [0.1, 0.15) is 0 Å². The van der Waals surface area contributed by atoms with Crippen LogP contribution in [-0.4, -0.2) is 44.8 Å². The molecule has 2 aromatic rings. The van der Waals surface area contributed by atoms with Gasteiger partial charge >= 0.3 is 0 Å². The fourth-order valence-corrected chi connectivity index (χ4v) is 6.55. The van der Waals surface area contributed by atoms with Crippen LogP contribution in [0.25, 0.3) is 0 Å². The molecule has 2 aromatic carbocycles. The molecule has 1 N–H and O–H groups in total. The van der Waals surface area contributed by atoms with Crippen molar-refractivity contribution in [3.05, 3.63) is 59.7 Å². The highest BCUT2D eigenvalue weighted by molar-refractivity contribution is 7.89. The SMILES string of the molecule is Cc1ccc(S(=O)(=O)N2CCC(C(=O)NCc3ccc(N(C)C4CCCCC4)cc3)CC2)cc1. The molecule has 0 unspecified atom stereocenters. The third-order valence-corrected chi connectivity index (χ3v) is 9.33. The monoisotopic (exact) mass is 483 g/mol. The molecule has 2 fully saturated rings. The molecule has 1 aliphatic heterocycles. The van der Waals surface area contributed by atoms with E-state index in [9.17, 15) is 13.2 Å². The number of carbonyl (C=O) groups is 1. The molecule has 7 heteroatoms. The molecule has 184 valence electrons. The molecular formula is C27H37N3O3S. The van der Waals surface area contributed by atoms with Crippen molar-refractivity contribution in [3.8, 4) is 0 Å². The second-order valence-electron chi connectivity index (χ2n) is 9.78. The molecule has 1 amide bonds. The first kappa shape index (κ1) is 24.7. The summed E-state index contributed by atoms with van der Waals surface area (Å²) in [5, 5.41) is 3.05. The Hall–Kier alpha value is -2.38. The van der Waals surface area contributed by atoms with Crippen LogP contribution in [0.1, 0.15) is 56.1 Å². The van der Waals surface area contributed by atoms with Crippen molar-refractivity contribution in [2.45, 2.75) is 69.4 Å². The van der Waals surface area contributed by atoms with Gasteiger partial charge in [-0.25, -0.2) is 8.42 Å². The zero-order valence-electron chi connectivity index (χ0n) is 20.4. The molecule has 0 aromatic heterocycles. The Balaban J connectivity index is 1.25. The highest BCUT2D eigenvalue weighted by Gasteiger charge is 2.32. The van der Waals surface area contributed by atoms with Gasteiger partial charge in [-0.15, -0.1) is 0 Å². The van der Waals surface area contributed by atoms with Crippen LogP contribution in [-0.2, 0) is 21.4 Å². The Morgan fingerprint density at radius 3 is 2.18 bits per heavy atom. The average Bonchev–Trinajstić information content (AvgIpc) is 2.88. The van der Waals surface area contributed by atoms with Gasteiger partial charge < -0.3 is 10.2 Å². The maximum atomic E-state index is 12.9. The van der Waals surface area contributed by atoms with E-state index >= 15 is 0 Å². The summed E-state index contributed by atoms with van der Waals surface area (Å²) in [4.78, 5) is 15.4. The van der Waals surface area contributed by atoms with Gasteiger partial charge in [-0.05, 0) is 62.4 Å². The zero-order valence-corrected chi connectivity index (χ0v) is 21.2. The molecule has 1 saturated heterocycles. The van der Waals surface area contributed by atoms with Crippen molar-refractivity contribution < 1.29 is 13.2 Å². The summed E-state index contributed by atoms with van der Waals surface area (Å²) in [5.74, 6) is -0.142. The van der Waals surface area contributed by atoms with Gasteiger partial charge in [0.05, 0.1) is 4.90 Å². The number of carbonyl (C=O) groups excluding carboxylic acids is 1. The number of rotatable bonds is 7. The molecule has 4 rings (SSSR count). The second-order valence-corrected chi connectivity index (χ2v) is 11.7. The maximum Gasteiger partial charge on any atom is 0.243 e. The van der Waals surface area contributed by atoms with Crippen LogP contribution >= 0.6 is 0 Å². The van der Waals surface area contributed by atoms with Crippen molar-refractivity contribution in [3.63, 3.8) is 0 Å². The molecule has 1 aliphatic carbocycles. The Morgan fingerprint density at radius 1 is 0.941 bits per heavy atom. The number of sulfonamides is 1. The third-order valence-electron chi connectivity index (χ3n) is 7.42. The van der Waals surface area contributed by atoms with E-state index in [1.54, 1.807) is 12.1 Å². The molecule has 0 radical (unpaired) electrons. The van der Waals surface area contributed by atoms with E-state index in [4.69, 9.17) is 0 Å². The van der Waals surface area contributed by atoms with Crippen LogP contribution in [0.5, 0.6) is 0 Å². The largest absolute Gasteiger partial charge is 0.372 e. The minimum Gasteiger partial charge on any atom is -0.372 e. The zero-order chi connectivity index (χ0) is 24.1. The highest BCUT2D eigenvalue weighted by Crippen LogP contribution is 2.27. The van der Waals surface area contributed by atoms with Crippen LogP contribution in [0.3, 0.4) is 0 Å². The van der Waals surface area contributed by atoms with Gasteiger partial charge in [-0.1, -0.05) is 49.1 Å². The lowest BCUT2D eigenvalue weighted by Gasteiger charge is -2.33. The van der Waals surface area contributed by atoms with Gasteiger partial charge in [0.25, 0.3) is 0 Å². The van der Waals surface area contributed by atoms with E-state index in [0.717, 1.165) is 11.1 Å². The van der Waals surface area contributed by atoms with E-state index in [0.29, 0.717) is 43.4 Å². The third kappa shape index (κ3) is 5.81. The van der Waals surface area contributed by atoms with Gasteiger partial charge in [0, 0.05) is 44.3 Å². The molecule has 34 heavy (non-hydrogen) atoms. The lowest BCUT2D eigenvalue weighted by Crippen LogP contribution is -2.42. The van der Waals surface area contributed by atoms with Crippen molar-refractivity contribution >= 4 is 21.6 Å². The fraction of sp³-hybridized carbons (Fsp3) is 0.519. The van der Waals surface area contributed by atoms with Crippen molar-refractivity contribution in [2.24, 2.45) is 5.92 Å². The average molecular weight is 484 g/mol. The van der Waals surface area contributed by atoms with E-state index in [2.05, 4.69) is 41.5 Å². The topological polar surface area (TPSA) is 69.7 Å². The molecule has 0 bridgehead atoms. The van der Waals surface area contributed by atoms with Crippen LogP contribution in [0, 0.1) is 12.8 Å². The summed E-state index contributed by atoms with van der Waals surface area (Å²) in [7, 11) is -1.33. The van der Waals surface area contributed by atoms with Crippen LogP contribution in [0.4, 0.5) is 5.69 Å². The van der Waals surface area contributed by atoms with Crippen molar-refractivity contribution in [1.29, 1.82) is 0 Å².